The number of thioether (sulfide) groups is 1. The van der Waals surface area contributed by atoms with Gasteiger partial charge in [-0.2, -0.15) is 0 Å². The minimum atomic E-state index is 0.852. The van der Waals surface area contributed by atoms with Crippen molar-refractivity contribution in [1.82, 2.24) is 10.4 Å². The van der Waals surface area contributed by atoms with Crippen LogP contribution >= 0.6 is 11.8 Å². The molecule has 0 aliphatic rings. The first-order chi connectivity index (χ1) is 11.1. The third-order valence-electron chi connectivity index (χ3n) is 3.22. The molecule has 0 saturated carbocycles. The van der Waals surface area contributed by atoms with Gasteiger partial charge in [0.25, 0.3) is 0 Å². The van der Waals surface area contributed by atoms with Gasteiger partial charge in [0.2, 0.25) is 0 Å². The molecule has 0 aliphatic heterocycles. The van der Waals surface area contributed by atoms with E-state index in [2.05, 4.69) is 46.4 Å². The maximum atomic E-state index is 4.67. The summed E-state index contributed by atoms with van der Waals surface area (Å²) in [7, 11) is 0. The van der Waals surface area contributed by atoms with Crippen LogP contribution < -0.4 is 10.4 Å². The summed E-state index contributed by atoms with van der Waals surface area (Å²) in [5, 5.41) is 2.92. The Morgan fingerprint density at radius 3 is 2.57 bits per heavy atom. The lowest BCUT2D eigenvalue weighted by atomic mass is 10.2. The van der Waals surface area contributed by atoms with Gasteiger partial charge < -0.3 is 0 Å². The van der Waals surface area contributed by atoms with Crippen molar-refractivity contribution in [2.24, 2.45) is 4.99 Å². The molecule has 122 valence electrons. The highest BCUT2D eigenvalue weighted by atomic mass is 32.2. The number of amidine groups is 1. The smallest absolute Gasteiger partial charge is 0.180 e. The highest BCUT2D eigenvalue weighted by Gasteiger charge is 2.10. The van der Waals surface area contributed by atoms with Crippen LogP contribution in [0.3, 0.4) is 0 Å². The molecule has 0 radical (unpaired) electrons. The van der Waals surface area contributed by atoms with Crippen molar-refractivity contribution in [3.63, 3.8) is 0 Å². The Hall–Kier alpha value is -2.01. The van der Waals surface area contributed by atoms with Gasteiger partial charge in [-0.15, -0.1) is 0 Å². The number of pyridine rings is 1. The predicted octanol–water partition coefficient (Wildman–Crippen LogP) is 4.47. The Morgan fingerprint density at radius 2 is 1.96 bits per heavy atom. The van der Waals surface area contributed by atoms with Crippen molar-refractivity contribution in [3.8, 4) is 0 Å². The van der Waals surface area contributed by atoms with Crippen LogP contribution in [0, 0.1) is 13.8 Å². The Labute approximate surface area is 143 Å². The number of hydrogen-bond acceptors (Lipinski definition) is 4. The topological polar surface area (TPSA) is 40.5 Å². The summed E-state index contributed by atoms with van der Waals surface area (Å²) in [4.78, 5) is 9.32. The Balaban J connectivity index is 2.25. The van der Waals surface area contributed by atoms with E-state index >= 15 is 0 Å². The zero-order valence-electron chi connectivity index (χ0n) is 14.2. The predicted molar refractivity (Wildman–Crippen MR) is 102 cm³/mol. The highest BCUT2D eigenvalue weighted by molar-refractivity contribution is 8.13. The zero-order chi connectivity index (χ0) is 16.7. The van der Waals surface area contributed by atoms with Gasteiger partial charge in [-0.3, -0.25) is 10.4 Å². The Morgan fingerprint density at radius 1 is 1.22 bits per heavy atom. The maximum absolute atomic E-state index is 4.67. The van der Waals surface area contributed by atoms with E-state index in [0.29, 0.717) is 0 Å². The first-order valence-corrected chi connectivity index (χ1v) is 9.02. The second kappa shape index (κ2) is 8.58. The molecule has 0 bridgehead atoms. The SMILES string of the molecule is CCCN(NC(=Nc1ccccc1)SC)c1cc(C)cc(C)n1. The third-order valence-corrected chi connectivity index (χ3v) is 3.79. The van der Waals surface area contributed by atoms with Crippen LogP contribution in [0.5, 0.6) is 0 Å². The molecule has 0 saturated heterocycles. The molecular weight excluding hydrogens is 304 g/mol. The maximum Gasteiger partial charge on any atom is 0.180 e. The molecule has 4 nitrogen and oxygen atoms in total. The molecule has 1 N–H and O–H groups in total. The molecule has 2 aromatic rings. The first-order valence-electron chi connectivity index (χ1n) is 7.79. The van der Waals surface area contributed by atoms with Crippen molar-refractivity contribution >= 4 is 28.4 Å². The normalized spacial score (nSPS) is 11.4. The van der Waals surface area contributed by atoms with Crippen LogP contribution in [0.4, 0.5) is 11.5 Å². The van der Waals surface area contributed by atoms with Crippen LogP contribution in [-0.4, -0.2) is 23.0 Å². The molecule has 2 rings (SSSR count). The van der Waals surface area contributed by atoms with Gasteiger partial charge >= 0.3 is 0 Å². The summed E-state index contributed by atoms with van der Waals surface area (Å²) in [5.74, 6) is 0.930. The number of hydrazine groups is 1. The average Bonchev–Trinajstić information content (AvgIpc) is 2.53. The van der Waals surface area contributed by atoms with E-state index in [-0.39, 0.29) is 0 Å². The second-order valence-corrected chi connectivity index (χ2v) is 6.16. The molecule has 1 aromatic carbocycles. The average molecular weight is 328 g/mol. The number of hydrogen-bond donors (Lipinski definition) is 1. The molecule has 0 atom stereocenters. The molecule has 0 spiro atoms. The van der Waals surface area contributed by atoms with Crippen molar-refractivity contribution in [2.45, 2.75) is 27.2 Å². The zero-order valence-corrected chi connectivity index (χ0v) is 15.0. The fourth-order valence-corrected chi connectivity index (χ4v) is 2.66. The van der Waals surface area contributed by atoms with E-state index in [9.17, 15) is 0 Å². The highest BCUT2D eigenvalue weighted by Crippen LogP contribution is 2.16. The number of rotatable bonds is 5. The molecule has 1 aromatic heterocycles. The molecule has 0 amide bonds. The second-order valence-electron chi connectivity index (χ2n) is 5.36. The minimum absolute atomic E-state index is 0.852. The van der Waals surface area contributed by atoms with E-state index < -0.39 is 0 Å². The van der Waals surface area contributed by atoms with Gasteiger partial charge in [-0.05, 0) is 56.4 Å². The largest absolute Gasteiger partial charge is 0.275 e. The first kappa shape index (κ1) is 17.3. The van der Waals surface area contributed by atoms with E-state index in [0.717, 1.165) is 35.3 Å². The standard InChI is InChI=1S/C18H24N4S/c1-5-11-22(17-13-14(2)12-15(3)19-17)21-18(23-4)20-16-9-7-6-8-10-16/h6-10,12-13H,5,11H2,1-4H3,(H,20,21). The summed E-state index contributed by atoms with van der Waals surface area (Å²) < 4.78 is 0. The Bertz CT molecular complexity index is 635. The van der Waals surface area contributed by atoms with E-state index in [1.807, 2.05) is 43.5 Å². The number of aliphatic imine (C=N–C) groups is 1. The van der Waals surface area contributed by atoms with Gasteiger partial charge in [-0.1, -0.05) is 36.9 Å². The Kier molecular flexibility index (Phi) is 6.47. The molecule has 0 aliphatic carbocycles. The molecule has 0 fully saturated rings. The minimum Gasteiger partial charge on any atom is -0.275 e. The number of nitrogens with zero attached hydrogens (tertiary/aromatic N) is 3. The lowest BCUT2D eigenvalue weighted by Gasteiger charge is -2.25. The summed E-state index contributed by atoms with van der Waals surface area (Å²) in [6.45, 7) is 7.14. The number of para-hydroxylation sites is 1. The number of aryl methyl sites for hydroxylation is 2. The van der Waals surface area contributed by atoms with Gasteiger partial charge in [0.1, 0.15) is 5.82 Å². The van der Waals surface area contributed by atoms with Crippen molar-refractivity contribution in [3.05, 3.63) is 53.7 Å². The van der Waals surface area contributed by atoms with Gasteiger partial charge in [0.05, 0.1) is 5.69 Å². The van der Waals surface area contributed by atoms with Gasteiger partial charge in [0.15, 0.2) is 5.17 Å². The number of anilines is 1. The van der Waals surface area contributed by atoms with E-state index in [1.54, 1.807) is 11.8 Å². The van der Waals surface area contributed by atoms with Crippen molar-refractivity contribution in [2.75, 3.05) is 17.8 Å². The molecule has 5 heteroatoms. The fraction of sp³-hybridized carbons (Fsp3) is 0.333. The summed E-state index contributed by atoms with van der Waals surface area (Å²) in [5.41, 5.74) is 6.58. The third kappa shape index (κ3) is 5.28. The lowest BCUT2D eigenvalue weighted by Crippen LogP contribution is -2.42. The van der Waals surface area contributed by atoms with Gasteiger partial charge in [0, 0.05) is 12.2 Å². The molecule has 23 heavy (non-hydrogen) atoms. The lowest BCUT2D eigenvalue weighted by molar-refractivity contribution is 0.728. The fourth-order valence-electron chi connectivity index (χ4n) is 2.26. The van der Waals surface area contributed by atoms with E-state index in [1.165, 1.54) is 5.56 Å². The van der Waals surface area contributed by atoms with Crippen LogP contribution in [0.2, 0.25) is 0 Å². The quantitative estimate of drug-likeness (QED) is 0.499. The van der Waals surface area contributed by atoms with Crippen LogP contribution in [-0.2, 0) is 0 Å². The summed E-state index contributed by atoms with van der Waals surface area (Å²) in [6.07, 6.45) is 3.04. The number of nitrogens with one attached hydrogen (secondary N) is 1. The summed E-state index contributed by atoms with van der Waals surface area (Å²) >= 11 is 1.59. The van der Waals surface area contributed by atoms with Crippen LogP contribution in [0.15, 0.2) is 47.5 Å². The monoisotopic (exact) mass is 328 g/mol. The molecule has 1 heterocycles. The summed E-state index contributed by atoms with van der Waals surface area (Å²) in [6, 6.07) is 14.2. The van der Waals surface area contributed by atoms with Crippen molar-refractivity contribution in [1.29, 1.82) is 0 Å². The van der Waals surface area contributed by atoms with Crippen LogP contribution in [0.1, 0.15) is 24.6 Å². The van der Waals surface area contributed by atoms with Gasteiger partial charge in [-0.25, -0.2) is 9.98 Å². The molecular formula is C18H24N4S. The number of benzene rings is 1. The van der Waals surface area contributed by atoms with Crippen LogP contribution in [0.25, 0.3) is 0 Å². The van der Waals surface area contributed by atoms with Crippen molar-refractivity contribution < 1.29 is 0 Å². The van der Waals surface area contributed by atoms with E-state index in [4.69, 9.17) is 0 Å². The molecule has 0 unspecified atom stereocenters. The number of aromatic nitrogens is 1.